The second-order valence-electron chi connectivity index (χ2n) is 7.29. The molecule has 27 heavy (non-hydrogen) atoms. The average molecular weight is 389 g/mol. The van der Waals surface area contributed by atoms with Crippen LogP contribution in [0.15, 0.2) is 52.6 Å². The number of nitrogens with zero attached hydrogens (tertiary/aromatic N) is 1. The van der Waals surface area contributed by atoms with Crippen molar-refractivity contribution in [3.8, 4) is 0 Å². The Morgan fingerprint density at radius 1 is 1.15 bits per heavy atom. The van der Waals surface area contributed by atoms with Crippen LogP contribution in [0.25, 0.3) is 0 Å². The average Bonchev–Trinajstić information content (AvgIpc) is 2.63. The molecule has 144 valence electrons. The van der Waals surface area contributed by atoms with Crippen LogP contribution in [0.4, 0.5) is 0 Å². The number of hydrogen-bond donors (Lipinski definition) is 0. The van der Waals surface area contributed by atoms with E-state index in [2.05, 4.69) is 0 Å². The van der Waals surface area contributed by atoms with E-state index >= 15 is 0 Å². The van der Waals surface area contributed by atoms with Gasteiger partial charge in [0.25, 0.3) is 10.0 Å². The number of rotatable bonds is 3. The maximum absolute atomic E-state index is 13.2. The summed E-state index contributed by atoms with van der Waals surface area (Å²) in [5, 5.41) is 0. The first kappa shape index (κ1) is 19.4. The van der Waals surface area contributed by atoms with Crippen molar-refractivity contribution in [2.45, 2.75) is 38.5 Å². The number of carbonyl (C=O) groups is 2. The minimum atomic E-state index is -4.04. The Balaban J connectivity index is 2.09. The van der Waals surface area contributed by atoms with Crippen molar-refractivity contribution in [2.75, 3.05) is 7.11 Å². The van der Waals surface area contributed by atoms with Crippen LogP contribution in [0.3, 0.4) is 0 Å². The third-order valence-electron chi connectivity index (χ3n) is 5.58. The van der Waals surface area contributed by atoms with Gasteiger partial charge in [-0.2, -0.15) is 0 Å². The molecule has 6 nitrogen and oxygen atoms in total. The fourth-order valence-electron chi connectivity index (χ4n) is 3.78. The van der Waals surface area contributed by atoms with Crippen molar-refractivity contribution < 1.29 is 22.7 Å². The monoisotopic (exact) mass is 389 g/mol. The number of methoxy groups -OCH3 is 1. The van der Waals surface area contributed by atoms with Crippen LogP contribution in [-0.2, 0) is 24.3 Å². The molecular formula is C20H23NO5S. The molecule has 1 aliphatic carbocycles. The number of hydrogen-bond acceptors (Lipinski definition) is 5. The number of carbonyl (C=O) groups excluding carboxylic acids is 2. The zero-order valence-electron chi connectivity index (χ0n) is 15.9. The van der Waals surface area contributed by atoms with Crippen molar-refractivity contribution in [2.24, 2.45) is 11.3 Å². The van der Waals surface area contributed by atoms with Crippen molar-refractivity contribution in [1.82, 2.24) is 4.31 Å². The van der Waals surface area contributed by atoms with Crippen LogP contribution in [0.2, 0.25) is 0 Å². The number of benzene rings is 1. The molecule has 7 heteroatoms. The predicted molar refractivity (Wildman–Crippen MR) is 99.9 cm³/mol. The number of fused-ring (bicyclic) bond motifs is 1. The highest BCUT2D eigenvalue weighted by molar-refractivity contribution is 7.89. The Morgan fingerprint density at radius 3 is 2.37 bits per heavy atom. The number of sulfonamides is 1. The minimum absolute atomic E-state index is 0.0379. The summed E-state index contributed by atoms with van der Waals surface area (Å²) in [5.74, 6) is -1.93. The van der Waals surface area contributed by atoms with Crippen molar-refractivity contribution >= 4 is 21.9 Å². The van der Waals surface area contributed by atoms with E-state index < -0.39 is 33.2 Å². The maximum atomic E-state index is 13.2. The molecule has 1 aromatic carbocycles. The highest BCUT2D eigenvalue weighted by Crippen LogP contribution is 2.49. The molecule has 1 aromatic rings. The normalized spacial score (nSPS) is 25.4. The zero-order valence-corrected chi connectivity index (χ0v) is 16.7. The smallest absolute Gasteiger partial charge is 0.316 e. The summed E-state index contributed by atoms with van der Waals surface area (Å²) in [7, 11) is -2.76. The van der Waals surface area contributed by atoms with Crippen molar-refractivity contribution in [1.29, 1.82) is 0 Å². The van der Waals surface area contributed by atoms with Gasteiger partial charge in [-0.3, -0.25) is 9.59 Å². The van der Waals surface area contributed by atoms with Gasteiger partial charge in [0.1, 0.15) is 5.41 Å². The van der Waals surface area contributed by atoms with Gasteiger partial charge < -0.3 is 4.74 Å². The number of ether oxygens (including phenoxy) is 1. The van der Waals surface area contributed by atoms with Gasteiger partial charge in [-0.1, -0.05) is 28.8 Å². The van der Waals surface area contributed by atoms with E-state index in [0.717, 1.165) is 21.0 Å². The van der Waals surface area contributed by atoms with Crippen LogP contribution in [0.5, 0.6) is 0 Å². The molecule has 0 spiro atoms. The molecule has 2 aliphatic rings. The Kier molecular flexibility index (Phi) is 4.76. The molecule has 0 unspecified atom stereocenters. The summed E-state index contributed by atoms with van der Waals surface area (Å²) in [4.78, 5) is 25.8. The number of allylic oxidation sites excluding steroid dienone is 2. The molecule has 0 radical (unpaired) electrons. The summed E-state index contributed by atoms with van der Waals surface area (Å²) >= 11 is 0. The highest BCUT2D eigenvalue weighted by atomic mass is 32.2. The van der Waals surface area contributed by atoms with E-state index in [1.165, 1.54) is 31.5 Å². The minimum Gasteiger partial charge on any atom is -0.468 e. The van der Waals surface area contributed by atoms with Crippen LogP contribution < -0.4 is 0 Å². The molecule has 2 atom stereocenters. The largest absolute Gasteiger partial charge is 0.468 e. The summed E-state index contributed by atoms with van der Waals surface area (Å²) in [6.07, 6.45) is 3.40. The van der Waals surface area contributed by atoms with Crippen LogP contribution in [0.1, 0.15) is 32.3 Å². The SMILES string of the molecule is COC(=O)[C@@]12C=CN(S(=O)(=O)c3ccc(C)cc3)C(=O)[C@@H]1CC(C)=C(C)C2. The third kappa shape index (κ3) is 3.00. The molecule has 0 N–H and O–H groups in total. The van der Waals surface area contributed by atoms with Crippen molar-refractivity contribution in [3.05, 3.63) is 53.3 Å². The number of amides is 1. The summed E-state index contributed by atoms with van der Waals surface area (Å²) < 4.78 is 31.7. The van der Waals surface area contributed by atoms with Crippen LogP contribution in [0, 0.1) is 18.3 Å². The molecule has 0 saturated carbocycles. The maximum Gasteiger partial charge on any atom is 0.316 e. The first-order valence-corrected chi connectivity index (χ1v) is 10.2. The van der Waals surface area contributed by atoms with Gasteiger partial charge in [0.15, 0.2) is 0 Å². The number of esters is 1. The molecule has 1 amide bonds. The van der Waals surface area contributed by atoms with E-state index in [1.807, 2.05) is 20.8 Å². The second kappa shape index (κ2) is 6.64. The van der Waals surface area contributed by atoms with Gasteiger partial charge in [0.2, 0.25) is 5.91 Å². The number of aryl methyl sites for hydroxylation is 1. The first-order chi connectivity index (χ1) is 12.6. The fourth-order valence-corrected chi connectivity index (χ4v) is 5.07. The fraction of sp³-hybridized carbons (Fsp3) is 0.400. The Labute approximate surface area is 159 Å². The third-order valence-corrected chi connectivity index (χ3v) is 7.27. The first-order valence-electron chi connectivity index (χ1n) is 8.71. The van der Waals surface area contributed by atoms with Gasteiger partial charge in [-0.15, -0.1) is 0 Å². The Bertz CT molecular complexity index is 959. The van der Waals surface area contributed by atoms with Gasteiger partial charge in [0.05, 0.1) is 17.9 Å². The molecule has 1 heterocycles. The highest BCUT2D eigenvalue weighted by Gasteiger charge is 2.55. The lowest BCUT2D eigenvalue weighted by Crippen LogP contribution is -2.52. The molecule has 0 saturated heterocycles. The van der Waals surface area contributed by atoms with Crippen molar-refractivity contribution in [3.63, 3.8) is 0 Å². The molecular weight excluding hydrogens is 366 g/mol. The predicted octanol–water partition coefficient (Wildman–Crippen LogP) is 2.95. The lowest BCUT2D eigenvalue weighted by atomic mass is 9.63. The van der Waals surface area contributed by atoms with E-state index in [1.54, 1.807) is 12.1 Å². The topological polar surface area (TPSA) is 80.8 Å². The standard InChI is InChI=1S/C20H23NO5S/c1-13-5-7-16(8-6-13)27(24,25)21-10-9-20(19(23)26-4)12-15(3)14(2)11-17(20)18(21)22/h5-10,17H,11-12H2,1-4H3/t17-,20+/m0/s1. The molecule has 0 bridgehead atoms. The van der Waals surface area contributed by atoms with E-state index in [4.69, 9.17) is 4.74 Å². The van der Waals surface area contributed by atoms with E-state index in [0.29, 0.717) is 12.8 Å². The Hall–Kier alpha value is -2.41. The summed E-state index contributed by atoms with van der Waals surface area (Å²) in [5.41, 5.74) is 1.77. The summed E-state index contributed by atoms with van der Waals surface area (Å²) in [6.45, 7) is 5.68. The zero-order chi connectivity index (χ0) is 20.0. The van der Waals surface area contributed by atoms with Gasteiger partial charge in [-0.05, 0) is 51.8 Å². The lowest BCUT2D eigenvalue weighted by Gasteiger charge is -2.43. The van der Waals surface area contributed by atoms with Gasteiger partial charge in [-0.25, -0.2) is 12.7 Å². The van der Waals surface area contributed by atoms with E-state index in [-0.39, 0.29) is 4.90 Å². The van der Waals surface area contributed by atoms with E-state index in [9.17, 15) is 18.0 Å². The molecule has 0 fully saturated rings. The van der Waals surface area contributed by atoms with Crippen LogP contribution >= 0.6 is 0 Å². The van der Waals surface area contributed by atoms with Gasteiger partial charge >= 0.3 is 5.97 Å². The summed E-state index contributed by atoms with van der Waals surface area (Å²) in [6, 6.07) is 6.31. The lowest BCUT2D eigenvalue weighted by molar-refractivity contribution is -0.158. The quantitative estimate of drug-likeness (QED) is 0.586. The molecule has 1 aliphatic heterocycles. The molecule has 0 aromatic heterocycles. The molecule has 3 rings (SSSR count). The Morgan fingerprint density at radius 2 is 1.78 bits per heavy atom. The van der Waals surface area contributed by atoms with Gasteiger partial charge in [0, 0.05) is 6.20 Å². The second-order valence-corrected chi connectivity index (χ2v) is 9.11. The van der Waals surface area contributed by atoms with Crippen LogP contribution in [-0.4, -0.2) is 31.7 Å².